The number of halogens is 1. The summed E-state index contributed by atoms with van der Waals surface area (Å²) in [6.07, 6.45) is -3.79. The second kappa shape index (κ2) is 2.22. The summed E-state index contributed by atoms with van der Waals surface area (Å²) in [5, 5.41) is 12.0. The van der Waals surface area contributed by atoms with Gasteiger partial charge >= 0.3 is 6.03 Å². The molecule has 0 radical (unpaired) electrons. The second-order valence-corrected chi connectivity index (χ2v) is 1.81. The van der Waals surface area contributed by atoms with Crippen molar-refractivity contribution in [3.8, 4) is 0 Å². The molecule has 5 nitrogen and oxygen atoms in total. The van der Waals surface area contributed by atoms with Crippen molar-refractivity contribution in [2.45, 2.75) is 12.4 Å². The Balaban J connectivity index is 2.66. The van der Waals surface area contributed by atoms with E-state index in [9.17, 15) is 14.0 Å². The number of urea groups is 1. The maximum absolute atomic E-state index is 12.3. The van der Waals surface area contributed by atoms with Gasteiger partial charge in [-0.15, -0.1) is 0 Å². The molecule has 0 aromatic rings. The molecule has 0 aliphatic carbocycles. The molecular formula is C4H5FN2O3. The van der Waals surface area contributed by atoms with Gasteiger partial charge in [-0.2, -0.15) is 0 Å². The molecule has 3 N–H and O–H groups in total. The highest BCUT2D eigenvalue weighted by Crippen LogP contribution is 2.00. The number of hydrogen-bond donors (Lipinski definition) is 3. The molecule has 0 aromatic heterocycles. The van der Waals surface area contributed by atoms with Gasteiger partial charge in [-0.1, -0.05) is 0 Å². The van der Waals surface area contributed by atoms with Crippen LogP contribution in [0.5, 0.6) is 0 Å². The lowest BCUT2D eigenvalue weighted by molar-refractivity contribution is -0.131. The van der Waals surface area contributed by atoms with Crippen LogP contribution in [0.2, 0.25) is 0 Å². The Morgan fingerprint density at radius 3 is 2.60 bits per heavy atom. The molecule has 1 aliphatic heterocycles. The van der Waals surface area contributed by atoms with E-state index < -0.39 is 24.3 Å². The predicted octanol–water partition coefficient (Wildman–Crippen LogP) is -1.52. The normalized spacial score (nSPS) is 33.0. The topological polar surface area (TPSA) is 78.4 Å². The number of amides is 3. The van der Waals surface area contributed by atoms with Crippen molar-refractivity contribution in [1.82, 2.24) is 10.6 Å². The number of aliphatic hydroxyl groups excluding tert-OH is 1. The predicted molar refractivity (Wildman–Crippen MR) is 27.6 cm³/mol. The molecule has 6 heteroatoms. The van der Waals surface area contributed by atoms with Gasteiger partial charge in [0.1, 0.15) is 0 Å². The summed E-state index contributed by atoms with van der Waals surface area (Å²) in [4.78, 5) is 20.6. The van der Waals surface area contributed by atoms with Crippen LogP contribution in [-0.4, -0.2) is 29.4 Å². The Labute approximate surface area is 55.2 Å². The zero-order valence-electron chi connectivity index (χ0n) is 4.80. The van der Waals surface area contributed by atoms with Crippen molar-refractivity contribution in [3.05, 3.63) is 0 Å². The largest absolute Gasteiger partial charge is 0.370 e. The van der Waals surface area contributed by atoms with E-state index >= 15 is 0 Å². The summed E-state index contributed by atoms with van der Waals surface area (Å²) in [6, 6.07) is -0.883. The van der Waals surface area contributed by atoms with Gasteiger partial charge in [0, 0.05) is 0 Å². The van der Waals surface area contributed by atoms with E-state index in [1.807, 2.05) is 0 Å². The molecule has 1 saturated heterocycles. The van der Waals surface area contributed by atoms with Gasteiger partial charge in [0.2, 0.25) is 6.17 Å². The first-order chi connectivity index (χ1) is 4.61. The summed E-state index contributed by atoms with van der Waals surface area (Å²) in [5.74, 6) is -1.11. The van der Waals surface area contributed by atoms with Crippen molar-refractivity contribution < 1.29 is 19.1 Å². The van der Waals surface area contributed by atoms with E-state index in [-0.39, 0.29) is 0 Å². The number of rotatable bonds is 0. The molecule has 1 rings (SSSR count). The third-order valence-corrected chi connectivity index (χ3v) is 1.04. The third kappa shape index (κ3) is 1.06. The lowest BCUT2D eigenvalue weighted by Gasteiger charge is -2.21. The van der Waals surface area contributed by atoms with Gasteiger partial charge < -0.3 is 10.4 Å². The first-order valence-electron chi connectivity index (χ1n) is 2.55. The SMILES string of the molecule is O=C1NC(=O)[C@@H](F)[C@H](O)N1. The molecule has 0 saturated carbocycles. The molecule has 0 aromatic carbocycles. The Kier molecular flexibility index (Phi) is 1.54. The van der Waals surface area contributed by atoms with Crippen molar-refractivity contribution in [3.63, 3.8) is 0 Å². The monoisotopic (exact) mass is 148 g/mol. The van der Waals surface area contributed by atoms with E-state index in [0.717, 1.165) is 0 Å². The van der Waals surface area contributed by atoms with Crippen LogP contribution in [0, 0.1) is 0 Å². The number of imide groups is 1. The van der Waals surface area contributed by atoms with E-state index in [0.29, 0.717) is 0 Å². The summed E-state index contributed by atoms with van der Waals surface area (Å²) < 4.78 is 12.3. The average Bonchev–Trinajstić information content (AvgIpc) is 1.82. The molecule has 0 unspecified atom stereocenters. The summed E-state index contributed by atoms with van der Waals surface area (Å²) in [7, 11) is 0. The Hall–Kier alpha value is -1.17. The molecule has 1 fully saturated rings. The van der Waals surface area contributed by atoms with Crippen LogP contribution < -0.4 is 10.6 Å². The Bertz CT molecular complexity index is 183. The third-order valence-electron chi connectivity index (χ3n) is 1.04. The van der Waals surface area contributed by atoms with Crippen molar-refractivity contribution in [2.24, 2.45) is 0 Å². The van der Waals surface area contributed by atoms with Gasteiger partial charge in [-0.25, -0.2) is 9.18 Å². The van der Waals surface area contributed by atoms with Crippen molar-refractivity contribution >= 4 is 11.9 Å². The number of carbonyl (C=O) groups is 2. The number of hydrogen-bond acceptors (Lipinski definition) is 3. The fraction of sp³-hybridized carbons (Fsp3) is 0.500. The minimum Gasteiger partial charge on any atom is -0.370 e. The number of aliphatic hydroxyl groups is 1. The average molecular weight is 148 g/mol. The molecule has 0 bridgehead atoms. The highest BCUT2D eigenvalue weighted by atomic mass is 19.1. The van der Waals surface area contributed by atoms with Gasteiger partial charge in [0.15, 0.2) is 6.23 Å². The van der Waals surface area contributed by atoms with Crippen molar-refractivity contribution in [1.29, 1.82) is 0 Å². The molecule has 3 amide bonds. The molecule has 1 heterocycles. The lowest BCUT2D eigenvalue weighted by atomic mass is 10.3. The van der Waals surface area contributed by atoms with E-state index in [2.05, 4.69) is 0 Å². The van der Waals surface area contributed by atoms with Crippen LogP contribution in [0.4, 0.5) is 9.18 Å². The summed E-state index contributed by atoms with van der Waals surface area (Å²) in [6.45, 7) is 0. The van der Waals surface area contributed by atoms with Gasteiger partial charge in [-0.05, 0) is 0 Å². The van der Waals surface area contributed by atoms with Crippen LogP contribution in [-0.2, 0) is 4.79 Å². The molecule has 10 heavy (non-hydrogen) atoms. The number of alkyl halides is 1. The van der Waals surface area contributed by atoms with E-state index in [1.165, 1.54) is 0 Å². The molecule has 1 aliphatic rings. The quantitative estimate of drug-likeness (QED) is 0.390. The van der Waals surface area contributed by atoms with Crippen LogP contribution >= 0.6 is 0 Å². The lowest BCUT2D eigenvalue weighted by Crippen LogP contribution is -2.59. The highest BCUT2D eigenvalue weighted by molar-refractivity contribution is 5.99. The first kappa shape index (κ1) is 6.94. The standard InChI is InChI=1S/C4H5FN2O3/c5-1-2(8)6-4(10)7-3(1)9/h1-2,8H,(H2,6,7,9,10)/t1-,2-/m0/s1. The maximum atomic E-state index is 12.3. The minimum atomic E-state index is -2.07. The fourth-order valence-electron chi connectivity index (χ4n) is 0.568. The molecule has 0 spiro atoms. The van der Waals surface area contributed by atoms with Gasteiger partial charge in [0.05, 0.1) is 0 Å². The molecule has 56 valence electrons. The summed E-state index contributed by atoms with van der Waals surface area (Å²) in [5.41, 5.74) is 0. The Morgan fingerprint density at radius 1 is 1.50 bits per heavy atom. The zero-order valence-corrected chi connectivity index (χ0v) is 4.80. The second-order valence-electron chi connectivity index (χ2n) is 1.81. The first-order valence-corrected chi connectivity index (χ1v) is 2.55. The van der Waals surface area contributed by atoms with Crippen LogP contribution in [0.15, 0.2) is 0 Å². The minimum absolute atomic E-state index is 0.883. The van der Waals surface area contributed by atoms with Crippen LogP contribution in [0.1, 0.15) is 0 Å². The van der Waals surface area contributed by atoms with Gasteiger partial charge in [0.25, 0.3) is 5.91 Å². The van der Waals surface area contributed by atoms with Crippen molar-refractivity contribution in [2.75, 3.05) is 0 Å². The number of carbonyl (C=O) groups excluding carboxylic acids is 2. The summed E-state index contributed by atoms with van der Waals surface area (Å²) >= 11 is 0. The van der Waals surface area contributed by atoms with Crippen LogP contribution in [0.3, 0.4) is 0 Å². The Morgan fingerprint density at radius 2 is 2.10 bits per heavy atom. The number of nitrogens with one attached hydrogen (secondary N) is 2. The van der Waals surface area contributed by atoms with E-state index in [1.54, 1.807) is 10.6 Å². The highest BCUT2D eigenvalue weighted by Gasteiger charge is 2.33. The smallest absolute Gasteiger partial charge is 0.323 e. The van der Waals surface area contributed by atoms with Crippen LogP contribution in [0.25, 0.3) is 0 Å². The van der Waals surface area contributed by atoms with Gasteiger partial charge in [-0.3, -0.25) is 10.1 Å². The molecular weight excluding hydrogens is 143 g/mol. The zero-order chi connectivity index (χ0) is 7.72. The molecule has 2 atom stereocenters. The maximum Gasteiger partial charge on any atom is 0.323 e. The van der Waals surface area contributed by atoms with E-state index in [4.69, 9.17) is 5.11 Å². The fourth-order valence-corrected chi connectivity index (χ4v) is 0.568.